The first-order chi connectivity index (χ1) is 10.4. The van der Waals surface area contributed by atoms with E-state index in [4.69, 9.17) is 23.2 Å². The Labute approximate surface area is 138 Å². The summed E-state index contributed by atoms with van der Waals surface area (Å²) in [5.74, 6) is -0.232. The molecule has 1 amide bonds. The Kier molecular flexibility index (Phi) is 5.45. The molecule has 0 aliphatic carbocycles. The lowest BCUT2D eigenvalue weighted by Gasteiger charge is -2.13. The molecule has 1 atom stereocenters. The van der Waals surface area contributed by atoms with Crippen LogP contribution in [0.2, 0.25) is 10.2 Å². The smallest absolute Gasteiger partial charge is 0.224 e. The molecule has 5 nitrogen and oxygen atoms in total. The van der Waals surface area contributed by atoms with E-state index in [9.17, 15) is 9.90 Å². The van der Waals surface area contributed by atoms with Crippen LogP contribution in [-0.4, -0.2) is 27.3 Å². The van der Waals surface area contributed by atoms with E-state index in [-0.39, 0.29) is 18.9 Å². The third kappa shape index (κ3) is 3.80. The minimum Gasteiger partial charge on any atom is -0.387 e. The number of aliphatic hydroxyl groups is 1. The second-order valence-electron chi connectivity index (χ2n) is 5.00. The number of hydrogen-bond donors (Lipinski definition) is 2. The van der Waals surface area contributed by atoms with Crippen LogP contribution < -0.4 is 5.32 Å². The topological polar surface area (TPSA) is 67.2 Å². The zero-order chi connectivity index (χ0) is 16.3. The van der Waals surface area contributed by atoms with Crippen molar-refractivity contribution in [2.45, 2.75) is 19.4 Å². The zero-order valence-electron chi connectivity index (χ0n) is 12.3. The van der Waals surface area contributed by atoms with Crippen LogP contribution in [0.1, 0.15) is 22.9 Å². The molecule has 0 aliphatic rings. The largest absolute Gasteiger partial charge is 0.387 e. The summed E-state index contributed by atoms with van der Waals surface area (Å²) in [5, 5.41) is 17.8. The molecular weight excluding hydrogens is 325 g/mol. The number of nitrogens with one attached hydrogen (secondary N) is 1. The molecule has 1 heterocycles. The Hall–Kier alpha value is -1.56. The van der Waals surface area contributed by atoms with E-state index >= 15 is 0 Å². The van der Waals surface area contributed by atoms with Gasteiger partial charge in [-0.05, 0) is 13.0 Å². The second kappa shape index (κ2) is 7.13. The molecule has 2 N–H and O–H groups in total. The first kappa shape index (κ1) is 16.8. The van der Waals surface area contributed by atoms with Crippen LogP contribution in [0, 0.1) is 6.92 Å². The van der Waals surface area contributed by atoms with Crippen molar-refractivity contribution in [3.8, 4) is 0 Å². The Bertz CT molecular complexity index is 685. The molecule has 118 valence electrons. The van der Waals surface area contributed by atoms with Gasteiger partial charge in [0.05, 0.1) is 18.2 Å². The molecule has 0 aliphatic heterocycles. The van der Waals surface area contributed by atoms with Gasteiger partial charge in [-0.2, -0.15) is 5.10 Å². The standard InChI is InChI=1S/C15H17Cl2N3O2/c1-9-11(15(17)20(2)19-9)7-14(22)18-8-13(21)10-5-3-4-6-12(10)16/h3-6,13,21H,7-8H2,1-2H3,(H,18,22). The lowest BCUT2D eigenvalue weighted by molar-refractivity contribution is -0.120. The van der Waals surface area contributed by atoms with Gasteiger partial charge in [-0.3, -0.25) is 9.48 Å². The predicted molar refractivity (Wildman–Crippen MR) is 86.1 cm³/mol. The van der Waals surface area contributed by atoms with Crippen molar-refractivity contribution in [3.63, 3.8) is 0 Å². The first-order valence-electron chi connectivity index (χ1n) is 6.77. The number of halogens is 2. The van der Waals surface area contributed by atoms with Gasteiger partial charge in [0, 0.05) is 29.7 Å². The van der Waals surface area contributed by atoms with Gasteiger partial charge in [-0.25, -0.2) is 0 Å². The van der Waals surface area contributed by atoms with Crippen LogP contribution in [0.5, 0.6) is 0 Å². The van der Waals surface area contributed by atoms with Crippen molar-refractivity contribution in [2.75, 3.05) is 6.54 Å². The van der Waals surface area contributed by atoms with Crippen LogP contribution in [0.4, 0.5) is 0 Å². The molecule has 22 heavy (non-hydrogen) atoms. The monoisotopic (exact) mass is 341 g/mol. The Morgan fingerprint density at radius 3 is 2.68 bits per heavy atom. The maximum absolute atomic E-state index is 12.0. The summed E-state index contributed by atoms with van der Waals surface area (Å²) in [6.45, 7) is 1.88. The summed E-state index contributed by atoms with van der Waals surface area (Å²) in [6.07, 6.45) is -0.739. The van der Waals surface area contributed by atoms with Gasteiger partial charge in [0.1, 0.15) is 5.15 Å². The summed E-state index contributed by atoms with van der Waals surface area (Å²) in [6, 6.07) is 6.98. The number of amides is 1. The van der Waals surface area contributed by atoms with Crippen molar-refractivity contribution >= 4 is 29.1 Å². The van der Waals surface area contributed by atoms with E-state index < -0.39 is 6.10 Å². The fourth-order valence-corrected chi connectivity index (χ4v) is 2.67. The molecule has 0 radical (unpaired) electrons. The molecule has 0 spiro atoms. The van der Waals surface area contributed by atoms with E-state index in [1.165, 1.54) is 4.68 Å². The normalized spacial score (nSPS) is 12.2. The summed E-state index contributed by atoms with van der Waals surface area (Å²) < 4.78 is 1.53. The summed E-state index contributed by atoms with van der Waals surface area (Å²) >= 11 is 12.1. The number of aryl methyl sites for hydroxylation is 2. The number of hydrogen-bond acceptors (Lipinski definition) is 3. The molecule has 0 fully saturated rings. The van der Waals surface area contributed by atoms with Crippen LogP contribution in [0.3, 0.4) is 0 Å². The third-order valence-corrected chi connectivity index (χ3v) is 4.18. The molecule has 1 unspecified atom stereocenters. The Morgan fingerprint density at radius 1 is 1.41 bits per heavy atom. The van der Waals surface area contributed by atoms with E-state index in [2.05, 4.69) is 10.4 Å². The second-order valence-corrected chi connectivity index (χ2v) is 5.76. The summed E-state index contributed by atoms with van der Waals surface area (Å²) in [4.78, 5) is 12.0. The average molecular weight is 342 g/mol. The molecule has 0 saturated carbocycles. The van der Waals surface area contributed by atoms with Crippen molar-refractivity contribution in [3.05, 3.63) is 51.3 Å². The molecule has 2 aromatic rings. The van der Waals surface area contributed by atoms with Gasteiger partial charge in [-0.15, -0.1) is 0 Å². The highest BCUT2D eigenvalue weighted by Crippen LogP contribution is 2.22. The van der Waals surface area contributed by atoms with Crippen LogP contribution in [-0.2, 0) is 18.3 Å². The van der Waals surface area contributed by atoms with E-state index in [1.807, 2.05) is 0 Å². The SMILES string of the molecule is Cc1nn(C)c(Cl)c1CC(=O)NCC(O)c1ccccc1Cl. The molecule has 1 aromatic carbocycles. The van der Waals surface area contributed by atoms with E-state index in [0.29, 0.717) is 27.0 Å². The van der Waals surface area contributed by atoms with Gasteiger partial charge in [0.2, 0.25) is 5.91 Å². The van der Waals surface area contributed by atoms with Crippen LogP contribution in [0.25, 0.3) is 0 Å². The zero-order valence-corrected chi connectivity index (χ0v) is 13.8. The quantitative estimate of drug-likeness (QED) is 0.877. The average Bonchev–Trinajstić information content (AvgIpc) is 2.72. The number of aromatic nitrogens is 2. The molecule has 0 bridgehead atoms. The highest BCUT2D eigenvalue weighted by atomic mass is 35.5. The minimum atomic E-state index is -0.858. The predicted octanol–water partition coefficient (Wildman–Crippen LogP) is 2.43. The van der Waals surface area contributed by atoms with Gasteiger partial charge in [0.15, 0.2) is 0 Å². The van der Waals surface area contributed by atoms with Gasteiger partial charge in [0.25, 0.3) is 0 Å². The Morgan fingerprint density at radius 2 is 2.09 bits per heavy atom. The van der Waals surface area contributed by atoms with E-state index in [0.717, 1.165) is 0 Å². The maximum Gasteiger partial charge on any atom is 0.224 e. The lowest BCUT2D eigenvalue weighted by atomic mass is 10.1. The minimum absolute atomic E-state index is 0.0828. The molecule has 7 heteroatoms. The van der Waals surface area contributed by atoms with Gasteiger partial charge >= 0.3 is 0 Å². The highest BCUT2D eigenvalue weighted by Gasteiger charge is 2.16. The number of nitrogens with zero attached hydrogens (tertiary/aromatic N) is 2. The highest BCUT2D eigenvalue weighted by molar-refractivity contribution is 6.31. The van der Waals surface area contributed by atoms with Crippen molar-refractivity contribution in [1.29, 1.82) is 0 Å². The third-order valence-electron chi connectivity index (χ3n) is 3.36. The van der Waals surface area contributed by atoms with Gasteiger partial charge in [-0.1, -0.05) is 41.4 Å². The van der Waals surface area contributed by atoms with Crippen LogP contribution in [0.15, 0.2) is 24.3 Å². The first-order valence-corrected chi connectivity index (χ1v) is 7.53. The van der Waals surface area contributed by atoms with Crippen molar-refractivity contribution < 1.29 is 9.90 Å². The van der Waals surface area contributed by atoms with Crippen molar-refractivity contribution in [2.24, 2.45) is 7.05 Å². The lowest BCUT2D eigenvalue weighted by Crippen LogP contribution is -2.30. The molecule has 1 aromatic heterocycles. The fourth-order valence-electron chi connectivity index (χ4n) is 2.16. The summed E-state index contributed by atoms with van der Waals surface area (Å²) in [5.41, 5.74) is 1.99. The van der Waals surface area contributed by atoms with Gasteiger partial charge < -0.3 is 10.4 Å². The van der Waals surface area contributed by atoms with E-state index in [1.54, 1.807) is 38.2 Å². The number of carbonyl (C=O) groups excluding carboxylic acids is 1. The molecular formula is C15H17Cl2N3O2. The summed E-state index contributed by atoms with van der Waals surface area (Å²) in [7, 11) is 1.72. The van der Waals surface area contributed by atoms with Crippen molar-refractivity contribution in [1.82, 2.24) is 15.1 Å². The number of rotatable bonds is 5. The number of aliphatic hydroxyl groups excluding tert-OH is 1. The maximum atomic E-state index is 12.0. The Balaban J connectivity index is 1.94. The molecule has 2 rings (SSSR count). The fraction of sp³-hybridized carbons (Fsp3) is 0.333. The number of benzene rings is 1. The molecule has 0 saturated heterocycles. The van der Waals surface area contributed by atoms with Crippen LogP contribution >= 0.6 is 23.2 Å². The number of carbonyl (C=O) groups is 1.